The van der Waals surface area contributed by atoms with Crippen LogP contribution in [0.25, 0.3) is 0 Å². The molecule has 2 nitrogen and oxygen atoms in total. The first kappa shape index (κ1) is 16.6. The molecule has 1 aliphatic carbocycles. The van der Waals surface area contributed by atoms with Crippen LogP contribution < -0.4 is 0 Å². The van der Waals surface area contributed by atoms with Crippen LogP contribution in [-0.2, 0) is 27.7 Å². The highest BCUT2D eigenvalue weighted by Gasteiger charge is 2.50. The normalized spacial score (nSPS) is 20.9. The average Bonchev–Trinajstić information content (AvgIpc) is 2.77. The Morgan fingerprint density at radius 3 is 2.50 bits per heavy atom. The molecule has 0 N–H and O–H groups in total. The third-order valence-electron chi connectivity index (χ3n) is 4.20. The maximum absolute atomic E-state index is 13.4. The van der Waals surface area contributed by atoms with Gasteiger partial charge < -0.3 is 4.74 Å². The van der Waals surface area contributed by atoms with E-state index < -0.39 is 23.3 Å². The number of hydrogen-bond acceptors (Lipinski definition) is 2. The smallest absolute Gasteiger partial charge is 0.416 e. The summed E-state index contributed by atoms with van der Waals surface area (Å²) in [5.74, 6) is -0.931. The van der Waals surface area contributed by atoms with Crippen molar-refractivity contribution in [3.05, 3.63) is 47.0 Å². The zero-order valence-electron chi connectivity index (χ0n) is 12.9. The van der Waals surface area contributed by atoms with Crippen molar-refractivity contribution in [2.24, 2.45) is 5.92 Å². The minimum absolute atomic E-state index is 0.104. The molecule has 5 heteroatoms. The first-order chi connectivity index (χ1) is 10.1. The lowest BCUT2D eigenvalue weighted by Crippen LogP contribution is -2.37. The van der Waals surface area contributed by atoms with Crippen molar-refractivity contribution in [3.63, 3.8) is 0 Å². The van der Waals surface area contributed by atoms with Gasteiger partial charge in [0.1, 0.15) is 5.60 Å². The molecule has 1 atom stereocenters. The summed E-state index contributed by atoms with van der Waals surface area (Å²) in [5.41, 5.74) is -1.09. The monoisotopic (exact) mass is 312 g/mol. The molecule has 0 heterocycles. The standard InChI is InChI=1S/C17H19F3O2/c1-10(2)15(21)22-16(11(3)4)9-8-12-6-5-7-13(14(12)16)17(18,19)20/h5-7,11H,1,8-9H2,2-4H3. The summed E-state index contributed by atoms with van der Waals surface area (Å²) < 4.78 is 45.7. The minimum atomic E-state index is -4.48. The van der Waals surface area contributed by atoms with Crippen molar-refractivity contribution >= 4 is 5.97 Å². The van der Waals surface area contributed by atoms with E-state index in [9.17, 15) is 18.0 Å². The fourth-order valence-corrected chi connectivity index (χ4v) is 3.04. The number of esters is 1. The number of carbonyl (C=O) groups is 1. The summed E-state index contributed by atoms with van der Waals surface area (Å²) in [6.45, 7) is 8.55. The number of carbonyl (C=O) groups excluding carboxylic acids is 1. The van der Waals surface area contributed by atoms with E-state index in [0.717, 1.165) is 6.07 Å². The van der Waals surface area contributed by atoms with Crippen LogP contribution in [0.15, 0.2) is 30.4 Å². The first-order valence-corrected chi connectivity index (χ1v) is 7.18. The molecule has 1 aromatic carbocycles. The Hall–Kier alpha value is -1.78. The number of rotatable bonds is 3. The van der Waals surface area contributed by atoms with Crippen molar-refractivity contribution in [3.8, 4) is 0 Å². The predicted molar refractivity (Wildman–Crippen MR) is 77.2 cm³/mol. The molecule has 0 bridgehead atoms. The summed E-state index contributed by atoms with van der Waals surface area (Å²) in [6.07, 6.45) is -3.67. The minimum Gasteiger partial charge on any atom is -0.451 e. The quantitative estimate of drug-likeness (QED) is 0.601. The van der Waals surface area contributed by atoms with Crippen molar-refractivity contribution in [2.45, 2.75) is 45.4 Å². The van der Waals surface area contributed by atoms with Crippen molar-refractivity contribution in [2.75, 3.05) is 0 Å². The van der Waals surface area contributed by atoms with Crippen LogP contribution in [0.5, 0.6) is 0 Å². The fourth-order valence-electron chi connectivity index (χ4n) is 3.04. The molecule has 120 valence electrons. The second-order valence-corrected chi connectivity index (χ2v) is 6.05. The van der Waals surface area contributed by atoms with Crippen molar-refractivity contribution in [1.29, 1.82) is 0 Å². The zero-order chi connectivity index (χ0) is 16.7. The maximum Gasteiger partial charge on any atom is 0.416 e. The van der Waals surface area contributed by atoms with Gasteiger partial charge in [0, 0.05) is 11.1 Å². The van der Waals surface area contributed by atoms with Gasteiger partial charge in [-0.05, 0) is 37.3 Å². The number of fused-ring (bicyclic) bond motifs is 1. The lowest BCUT2D eigenvalue weighted by molar-refractivity contribution is -0.165. The van der Waals surface area contributed by atoms with Gasteiger partial charge in [0.2, 0.25) is 0 Å². The highest BCUT2D eigenvalue weighted by Crippen LogP contribution is 2.50. The van der Waals surface area contributed by atoms with Gasteiger partial charge in [-0.1, -0.05) is 32.6 Å². The summed E-state index contributed by atoms with van der Waals surface area (Å²) in [4.78, 5) is 12.0. The maximum atomic E-state index is 13.4. The van der Waals surface area contributed by atoms with E-state index in [4.69, 9.17) is 4.74 Å². The Balaban J connectivity index is 2.64. The molecule has 0 aromatic heterocycles. The molecule has 1 aromatic rings. The van der Waals surface area contributed by atoms with Gasteiger partial charge in [0.25, 0.3) is 0 Å². The molecule has 0 saturated heterocycles. The molecular formula is C17H19F3O2. The van der Waals surface area contributed by atoms with E-state index in [1.54, 1.807) is 19.9 Å². The molecule has 1 unspecified atom stereocenters. The fraction of sp³-hybridized carbons (Fsp3) is 0.471. The second-order valence-electron chi connectivity index (χ2n) is 6.05. The van der Waals surface area contributed by atoms with Gasteiger partial charge in [0.15, 0.2) is 0 Å². The van der Waals surface area contributed by atoms with Crippen LogP contribution in [0.1, 0.15) is 43.9 Å². The molecule has 2 rings (SSSR count). The van der Waals surface area contributed by atoms with Gasteiger partial charge in [-0.15, -0.1) is 0 Å². The topological polar surface area (TPSA) is 26.3 Å². The van der Waals surface area contributed by atoms with E-state index in [0.29, 0.717) is 18.4 Å². The van der Waals surface area contributed by atoms with Gasteiger partial charge in [-0.25, -0.2) is 4.79 Å². The number of benzene rings is 1. The molecule has 0 saturated carbocycles. The molecule has 0 radical (unpaired) electrons. The third kappa shape index (κ3) is 2.64. The molecule has 0 spiro atoms. The SMILES string of the molecule is C=C(C)C(=O)OC1(C(C)C)CCc2cccc(C(F)(F)F)c21. The van der Waals surface area contributed by atoms with E-state index in [1.807, 2.05) is 0 Å². The summed E-state index contributed by atoms with van der Waals surface area (Å²) in [7, 11) is 0. The van der Waals surface area contributed by atoms with Crippen LogP contribution in [-0.4, -0.2) is 5.97 Å². The Morgan fingerprint density at radius 2 is 2.00 bits per heavy atom. The van der Waals surface area contributed by atoms with E-state index >= 15 is 0 Å². The molecule has 0 amide bonds. The number of aryl methyl sites for hydroxylation is 1. The summed E-state index contributed by atoms with van der Waals surface area (Å²) in [6, 6.07) is 4.12. The van der Waals surface area contributed by atoms with Crippen molar-refractivity contribution in [1.82, 2.24) is 0 Å². The average molecular weight is 312 g/mol. The third-order valence-corrected chi connectivity index (χ3v) is 4.20. The zero-order valence-corrected chi connectivity index (χ0v) is 12.9. The Bertz CT molecular complexity index is 617. The van der Waals surface area contributed by atoms with Crippen LogP contribution in [0, 0.1) is 5.92 Å². The lowest BCUT2D eigenvalue weighted by atomic mass is 9.81. The van der Waals surface area contributed by atoms with Crippen LogP contribution >= 0.6 is 0 Å². The molecular weight excluding hydrogens is 293 g/mol. The summed E-state index contributed by atoms with van der Waals surface area (Å²) >= 11 is 0. The Kier molecular flexibility index (Phi) is 4.11. The highest BCUT2D eigenvalue weighted by atomic mass is 19.4. The highest BCUT2D eigenvalue weighted by molar-refractivity contribution is 5.87. The van der Waals surface area contributed by atoms with Crippen LogP contribution in [0.2, 0.25) is 0 Å². The molecule has 22 heavy (non-hydrogen) atoms. The largest absolute Gasteiger partial charge is 0.451 e. The van der Waals surface area contributed by atoms with E-state index in [2.05, 4.69) is 6.58 Å². The first-order valence-electron chi connectivity index (χ1n) is 7.18. The number of halogens is 3. The van der Waals surface area contributed by atoms with Gasteiger partial charge in [-0.2, -0.15) is 13.2 Å². The predicted octanol–water partition coefficient (Wildman–Crippen LogP) is 4.62. The second kappa shape index (κ2) is 5.45. The summed E-state index contributed by atoms with van der Waals surface area (Å²) in [5, 5.41) is 0. The van der Waals surface area contributed by atoms with Gasteiger partial charge in [0.05, 0.1) is 5.56 Å². The van der Waals surface area contributed by atoms with Gasteiger partial charge in [-0.3, -0.25) is 0 Å². The van der Waals surface area contributed by atoms with Crippen LogP contribution in [0.3, 0.4) is 0 Å². The number of hydrogen-bond donors (Lipinski definition) is 0. The van der Waals surface area contributed by atoms with Gasteiger partial charge >= 0.3 is 12.1 Å². The van der Waals surface area contributed by atoms with E-state index in [-0.39, 0.29) is 17.1 Å². The number of alkyl halides is 3. The van der Waals surface area contributed by atoms with E-state index in [1.165, 1.54) is 13.0 Å². The number of ether oxygens (including phenoxy) is 1. The molecule has 1 aliphatic rings. The molecule has 0 fully saturated rings. The van der Waals surface area contributed by atoms with Crippen LogP contribution in [0.4, 0.5) is 13.2 Å². The Labute approximate surface area is 128 Å². The molecule has 0 aliphatic heterocycles. The lowest BCUT2D eigenvalue weighted by Gasteiger charge is -2.36. The van der Waals surface area contributed by atoms with Crippen molar-refractivity contribution < 1.29 is 22.7 Å². The Morgan fingerprint density at radius 1 is 1.36 bits per heavy atom.